The topological polar surface area (TPSA) is 75.9 Å². The number of pyridine rings is 1. The molecular formula is C20H22N6O. The second-order valence-electron chi connectivity index (χ2n) is 6.59. The molecule has 0 saturated carbocycles. The summed E-state index contributed by atoms with van der Waals surface area (Å²) in [5, 5.41) is 11.2. The lowest BCUT2D eigenvalue weighted by Gasteiger charge is -2.36. The van der Waals surface area contributed by atoms with Gasteiger partial charge in [-0.25, -0.2) is 4.68 Å². The van der Waals surface area contributed by atoms with Gasteiger partial charge in [-0.1, -0.05) is 36.4 Å². The molecule has 0 radical (unpaired) electrons. The fourth-order valence-electron chi connectivity index (χ4n) is 3.40. The Bertz CT molecular complexity index is 906. The van der Waals surface area contributed by atoms with Gasteiger partial charge in [0.2, 0.25) is 0 Å². The van der Waals surface area contributed by atoms with Gasteiger partial charge in [0.25, 0.3) is 5.91 Å². The summed E-state index contributed by atoms with van der Waals surface area (Å²) in [5.74, 6) is -0.0180. The van der Waals surface area contributed by atoms with Crippen LogP contribution in [0, 0.1) is 0 Å². The van der Waals surface area contributed by atoms with Crippen molar-refractivity contribution in [1.29, 1.82) is 0 Å². The van der Waals surface area contributed by atoms with Gasteiger partial charge >= 0.3 is 0 Å². The molecule has 4 rings (SSSR count). The van der Waals surface area contributed by atoms with Crippen LogP contribution < -0.4 is 5.32 Å². The van der Waals surface area contributed by atoms with E-state index in [1.165, 1.54) is 5.56 Å². The molecule has 0 bridgehead atoms. The lowest BCUT2D eigenvalue weighted by Crippen LogP contribution is -2.48. The van der Waals surface area contributed by atoms with E-state index in [1.54, 1.807) is 29.5 Å². The van der Waals surface area contributed by atoms with E-state index < -0.39 is 0 Å². The van der Waals surface area contributed by atoms with Gasteiger partial charge in [-0.2, -0.15) is 0 Å². The molecule has 0 spiro atoms. The Kier molecular flexibility index (Phi) is 4.93. The number of hydrogen-bond donors (Lipinski definition) is 1. The standard InChI is InChI=1S/C20H22N6O/c1-2-15-3-5-16(6-4-15)19-14-21-7-9-25(19)20(27)17-11-18(13-22-12-17)26-10-8-23-24-26/h3-6,8,10-13,19,21H,2,7,9,14H2,1H3. The molecule has 7 heteroatoms. The van der Waals surface area contributed by atoms with E-state index >= 15 is 0 Å². The molecule has 1 fully saturated rings. The molecule has 3 aromatic rings. The normalized spacial score (nSPS) is 17.1. The van der Waals surface area contributed by atoms with E-state index in [0.29, 0.717) is 12.1 Å². The Morgan fingerprint density at radius 3 is 2.85 bits per heavy atom. The van der Waals surface area contributed by atoms with Crippen molar-refractivity contribution in [3.05, 3.63) is 71.8 Å². The number of carbonyl (C=O) groups is 1. The summed E-state index contributed by atoms with van der Waals surface area (Å²) in [4.78, 5) is 19.4. The van der Waals surface area contributed by atoms with E-state index in [0.717, 1.165) is 30.8 Å². The lowest BCUT2D eigenvalue weighted by molar-refractivity contribution is 0.0634. The molecule has 1 aliphatic rings. The number of piperazine rings is 1. The minimum absolute atomic E-state index is 0.00665. The summed E-state index contributed by atoms with van der Waals surface area (Å²) in [6.45, 7) is 4.33. The van der Waals surface area contributed by atoms with Crippen LogP contribution in [0.1, 0.15) is 34.5 Å². The van der Waals surface area contributed by atoms with Gasteiger partial charge in [0, 0.05) is 25.8 Å². The summed E-state index contributed by atoms with van der Waals surface area (Å²) < 4.78 is 1.60. The summed E-state index contributed by atoms with van der Waals surface area (Å²) in [5.41, 5.74) is 3.72. The SMILES string of the molecule is CCc1ccc(C2CNCCN2C(=O)c2cncc(-n3ccnn3)c2)cc1. The Morgan fingerprint density at radius 1 is 1.26 bits per heavy atom. The van der Waals surface area contributed by atoms with E-state index in [1.807, 2.05) is 11.0 Å². The predicted octanol–water partition coefficient (Wildman–Crippen LogP) is 2.01. The minimum atomic E-state index is -0.0180. The average molecular weight is 362 g/mol. The number of benzene rings is 1. The van der Waals surface area contributed by atoms with Gasteiger partial charge in [0.1, 0.15) is 0 Å². The third kappa shape index (κ3) is 3.59. The first-order chi connectivity index (χ1) is 13.3. The molecule has 1 amide bonds. The highest BCUT2D eigenvalue weighted by molar-refractivity contribution is 5.94. The number of aromatic nitrogens is 4. The minimum Gasteiger partial charge on any atom is -0.329 e. The smallest absolute Gasteiger partial charge is 0.256 e. The van der Waals surface area contributed by atoms with Crippen LogP contribution in [0.15, 0.2) is 55.1 Å². The number of carbonyl (C=O) groups excluding carboxylic acids is 1. The summed E-state index contributed by atoms with van der Waals surface area (Å²) in [6.07, 6.45) is 7.62. The van der Waals surface area contributed by atoms with Crippen molar-refractivity contribution in [3.8, 4) is 5.69 Å². The Hall–Kier alpha value is -3.06. The van der Waals surface area contributed by atoms with Gasteiger partial charge in [0.05, 0.1) is 35.9 Å². The first-order valence-electron chi connectivity index (χ1n) is 9.18. The van der Waals surface area contributed by atoms with E-state index in [4.69, 9.17) is 0 Å². The zero-order valence-electron chi connectivity index (χ0n) is 15.2. The predicted molar refractivity (Wildman–Crippen MR) is 102 cm³/mol. The molecule has 1 N–H and O–H groups in total. The van der Waals surface area contributed by atoms with E-state index in [2.05, 4.69) is 51.8 Å². The largest absolute Gasteiger partial charge is 0.329 e. The van der Waals surface area contributed by atoms with Crippen molar-refractivity contribution in [3.63, 3.8) is 0 Å². The number of hydrogen-bond acceptors (Lipinski definition) is 5. The third-order valence-corrected chi connectivity index (χ3v) is 4.93. The van der Waals surface area contributed by atoms with Crippen LogP contribution in [0.2, 0.25) is 0 Å². The molecular weight excluding hydrogens is 340 g/mol. The van der Waals surface area contributed by atoms with Gasteiger partial charge in [-0.15, -0.1) is 5.10 Å². The maximum atomic E-state index is 13.2. The quantitative estimate of drug-likeness (QED) is 0.768. The van der Waals surface area contributed by atoms with Gasteiger partial charge in [0.15, 0.2) is 0 Å². The highest BCUT2D eigenvalue weighted by Crippen LogP contribution is 2.25. The van der Waals surface area contributed by atoms with Crippen LogP contribution in [-0.2, 0) is 6.42 Å². The Morgan fingerprint density at radius 2 is 2.11 bits per heavy atom. The monoisotopic (exact) mass is 362 g/mol. The van der Waals surface area contributed by atoms with Gasteiger partial charge in [-0.05, 0) is 23.6 Å². The fourth-order valence-corrected chi connectivity index (χ4v) is 3.40. The highest BCUT2D eigenvalue weighted by atomic mass is 16.2. The second kappa shape index (κ2) is 7.67. The number of amides is 1. The molecule has 0 aliphatic carbocycles. The van der Waals surface area contributed by atoms with Gasteiger partial charge < -0.3 is 10.2 Å². The van der Waals surface area contributed by atoms with Crippen LogP contribution >= 0.6 is 0 Å². The first kappa shape index (κ1) is 17.4. The molecule has 3 heterocycles. The van der Waals surface area contributed by atoms with Crippen LogP contribution in [0.5, 0.6) is 0 Å². The zero-order chi connectivity index (χ0) is 18.6. The van der Waals surface area contributed by atoms with Gasteiger partial charge in [-0.3, -0.25) is 9.78 Å². The molecule has 7 nitrogen and oxygen atoms in total. The van der Waals surface area contributed by atoms with Crippen molar-refractivity contribution >= 4 is 5.91 Å². The van der Waals surface area contributed by atoms with Crippen LogP contribution in [-0.4, -0.2) is 50.4 Å². The fraction of sp³-hybridized carbons (Fsp3) is 0.300. The third-order valence-electron chi connectivity index (χ3n) is 4.93. The van der Waals surface area contributed by atoms with Crippen molar-refractivity contribution in [1.82, 2.24) is 30.2 Å². The Balaban J connectivity index is 1.61. The number of rotatable bonds is 4. The summed E-state index contributed by atoms with van der Waals surface area (Å²) in [7, 11) is 0. The first-order valence-corrected chi connectivity index (χ1v) is 9.18. The maximum absolute atomic E-state index is 13.2. The Labute approximate surface area is 158 Å². The number of nitrogens with one attached hydrogen (secondary N) is 1. The summed E-state index contributed by atoms with van der Waals surface area (Å²) >= 11 is 0. The molecule has 1 aliphatic heterocycles. The molecule has 2 aromatic heterocycles. The van der Waals surface area contributed by atoms with E-state index in [-0.39, 0.29) is 11.9 Å². The number of nitrogens with zero attached hydrogens (tertiary/aromatic N) is 5. The molecule has 1 atom stereocenters. The zero-order valence-corrected chi connectivity index (χ0v) is 15.2. The molecule has 138 valence electrons. The highest BCUT2D eigenvalue weighted by Gasteiger charge is 2.29. The average Bonchev–Trinajstić information content (AvgIpc) is 3.28. The van der Waals surface area contributed by atoms with Crippen molar-refractivity contribution in [2.45, 2.75) is 19.4 Å². The van der Waals surface area contributed by atoms with Crippen molar-refractivity contribution in [2.75, 3.05) is 19.6 Å². The summed E-state index contributed by atoms with van der Waals surface area (Å²) in [6, 6.07) is 10.3. The lowest BCUT2D eigenvalue weighted by atomic mass is 10.00. The van der Waals surface area contributed by atoms with Crippen LogP contribution in [0.3, 0.4) is 0 Å². The van der Waals surface area contributed by atoms with Crippen LogP contribution in [0.25, 0.3) is 5.69 Å². The second-order valence-corrected chi connectivity index (χ2v) is 6.59. The molecule has 1 aromatic carbocycles. The molecule has 1 unspecified atom stereocenters. The molecule has 1 saturated heterocycles. The maximum Gasteiger partial charge on any atom is 0.256 e. The van der Waals surface area contributed by atoms with Crippen molar-refractivity contribution in [2.24, 2.45) is 0 Å². The van der Waals surface area contributed by atoms with E-state index in [9.17, 15) is 4.79 Å². The van der Waals surface area contributed by atoms with Crippen molar-refractivity contribution < 1.29 is 4.79 Å². The molecule has 27 heavy (non-hydrogen) atoms. The number of aryl methyl sites for hydroxylation is 1. The van der Waals surface area contributed by atoms with Crippen LogP contribution in [0.4, 0.5) is 0 Å².